The standard InChI is InChI=1S/C26H27N3/c1-26(2,3)21-9-6-10-22(16-21)29-25-24-12-5-4-11-23(24)20(18-28-25)14-13-19-8-7-15-27-17-19/h4-12,15-18H,13-14H2,1-3H3,(H,28,29). The maximum absolute atomic E-state index is 4.78. The van der Waals surface area contributed by atoms with Gasteiger partial charge < -0.3 is 5.32 Å². The highest BCUT2D eigenvalue weighted by molar-refractivity contribution is 5.95. The van der Waals surface area contributed by atoms with Gasteiger partial charge in [-0.15, -0.1) is 0 Å². The number of benzene rings is 2. The van der Waals surface area contributed by atoms with Gasteiger partial charge in [-0.25, -0.2) is 4.98 Å². The van der Waals surface area contributed by atoms with E-state index in [1.807, 2.05) is 24.7 Å². The van der Waals surface area contributed by atoms with Gasteiger partial charge in [0.15, 0.2) is 0 Å². The molecule has 0 fully saturated rings. The second kappa shape index (κ2) is 8.04. The van der Waals surface area contributed by atoms with Crippen molar-refractivity contribution in [2.24, 2.45) is 0 Å². The Morgan fingerprint density at radius 2 is 1.66 bits per heavy atom. The maximum Gasteiger partial charge on any atom is 0.138 e. The number of aromatic nitrogens is 2. The third-order valence-corrected chi connectivity index (χ3v) is 5.27. The van der Waals surface area contributed by atoms with Crippen LogP contribution in [-0.2, 0) is 18.3 Å². The summed E-state index contributed by atoms with van der Waals surface area (Å²) in [6.45, 7) is 6.70. The fourth-order valence-corrected chi connectivity index (χ4v) is 3.58. The van der Waals surface area contributed by atoms with Crippen molar-refractivity contribution >= 4 is 22.3 Å². The predicted octanol–water partition coefficient (Wildman–Crippen LogP) is 6.46. The van der Waals surface area contributed by atoms with Crippen molar-refractivity contribution in [1.82, 2.24) is 9.97 Å². The van der Waals surface area contributed by atoms with E-state index in [0.29, 0.717) is 0 Å². The largest absolute Gasteiger partial charge is 0.340 e. The van der Waals surface area contributed by atoms with Crippen molar-refractivity contribution in [1.29, 1.82) is 0 Å². The Morgan fingerprint density at radius 3 is 2.41 bits per heavy atom. The Kier molecular flexibility index (Phi) is 5.30. The van der Waals surface area contributed by atoms with Crippen LogP contribution in [0.5, 0.6) is 0 Å². The molecule has 4 rings (SSSR count). The Bertz CT molecular complexity index is 1110. The number of pyridine rings is 2. The molecule has 0 spiro atoms. The van der Waals surface area contributed by atoms with Gasteiger partial charge in [0.25, 0.3) is 0 Å². The Labute approximate surface area is 172 Å². The minimum atomic E-state index is 0.114. The van der Waals surface area contributed by atoms with Gasteiger partial charge in [0.1, 0.15) is 5.82 Å². The third-order valence-electron chi connectivity index (χ3n) is 5.27. The second-order valence-corrected chi connectivity index (χ2v) is 8.49. The molecule has 0 aliphatic rings. The van der Waals surface area contributed by atoms with Gasteiger partial charge in [-0.2, -0.15) is 0 Å². The smallest absolute Gasteiger partial charge is 0.138 e. The minimum absolute atomic E-state index is 0.114. The number of rotatable bonds is 5. The van der Waals surface area contributed by atoms with E-state index in [-0.39, 0.29) is 5.41 Å². The first-order valence-electron chi connectivity index (χ1n) is 10.1. The van der Waals surface area contributed by atoms with Gasteiger partial charge in [-0.3, -0.25) is 4.98 Å². The zero-order valence-electron chi connectivity index (χ0n) is 17.3. The topological polar surface area (TPSA) is 37.8 Å². The number of fused-ring (bicyclic) bond motifs is 1. The van der Waals surface area contributed by atoms with Crippen molar-refractivity contribution in [2.45, 2.75) is 39.0 Å². The average Bonchev–Trinajstić information content (AvgIpc) is 2.73. The van der Waals surface area contributed by atoms with Gasteiger partial charge in [-0.1, -0.05) is 63.2 Å². The number of nitrogens with zero attached hydrogens (tertiary/aromatic N) is 2. The molecule has 2 aromatic carbocycles. The molecule has 29 heavy (non-hydrogen) atoms. The molecule has 0 aliphatic carbocycles. The molecule has 0 amide bonds. The van der Waals surface area contributed by atoms with Crippen molar-refractivity contribution in [2.75, 3.05) is 5.32 Å². The van der Waals surface area contributed by atoms with Gasteiger partial charge in [0.05, 0.1) is 0 Å². The summed E-state index contributed by atoms with van der Waals surface area (Å²) in [5, 5.41) is 5.94. The predicted molar refractivity (Wildman–Crippen MR) is 122 cm³/mol. The zero-order valence-corrected chi connectivity index (χ0v) is 17.3. The molecule has 0 bridgehead atoms. The van der Waals surface area contributed by atoms with Crippen molar-refractivity contribution in [3.63, 3.8) is 0 Å². The van der Waals surface area contributed by atoms with E-state index in [9.17, 15) is 0 Å². The summed E-state index contributed by atoms with van der Waals surface area (Å²) in [7, 11) is 0. The van der Waals surface area contributed by atoms with Crippen molar-refractivity contribution in [3.8, 4) is 0 Å². The van der Waals surface area contributed by atoms with Crippen LogP contribution in [0.25, 0.3) is 10.8 Å². The van der Waals surface area contributed by atoms with Crippen LogP contribution >= 0.6 is 0 Å². The number of anilines is 2. The molecule has 1 N–H and O–H groups in total. The molecule has 0 saturated heterocycles. The SMILES string of the molecule is CC(C)(C)c1cccc(Nc2ncc(CCc3cccnc3)c3ccccc23)c1. The molecule has 146 valence electrons. The lowest BCUT2D eigenvalue weighted by atomic mass is 9.87. The highest BCUT2D eigenvalue weighted by Gasteiger charge is 2.14. The molecule has 0 saturated carbocycles. The van der Waals surface area contributed by atoms with E-state index >= 15 is 0 Å². The molecule has 0 atom stereocenters. The minimum Gasteiger partial charge on any atom is -0.340 e. The van der Waals surface area contributed by atoms with Crippen molar-refractivity contribution < 1.29 is 0 Å². The average molecular weight is 382 g/mol. The fraction of sp³-hybridized carbons (Fsp3) is 0.231. The van der Waals surface area contributed by atoms with Gasteiger partial charge in [0, 0.05) is 29.7 Å². The zero-order chi connectivity index (χ0) is 20.3. The fourth-order valence-electron chi connectivity index (χ4n) is 3.58. The van der Waals surface area contributed by atoms with Gasteiger partial charge in [0.2, 0.25) is 0 Å². The molecule has 4 aromatic rings. The van der Waals surface area contributed by atoms with Crippen LogP contribution in [0.1, 0.15) is 37.5 Å². The molecular formula is C26H27N3. The summed E-state index contributed by atoms with van der Waals surface area (Å²) >= 11 is 0. The first kappa shape index (κ1) is 19.1. The Hall–Kier alpha value is -3.20. The molecule has 2 aromatic heterocycles. The third kappa shape index (κ3) is 4.45. The van der Waals surface area contributed by atoms with Gasteiger partial charge >= 0.3 is 0 Å². The van der Waals surface area contributed by atoms with Crippen LogP contribution in [0.15, 0.2) is 79.3 Å². The summed E-state index contributed by atoms with van der Waals surface area (Å²) in [6, 6.07) is 21.2. The van der Waals surface area contributed by atoms with Crippen LogP contribution < -0.4 is 5.32 Å². The number of nitrogens with one attached hydrogen (secondary N) is 1. The lowest BCUT2D eigenvalue weighted by Crippen LogP contribution is -2.11. The summed E-state index contributed by atoms with van der Waals surface area (Å²) in [5.41, 5.74) is 5.00. The first-order valence-corrected chi connectivity index (χ1v) is 10.1. The monoisotopic (exact) mass is 381 g/mol. The van der Waals surface area contributed by atoms with E-state index in [2.05, 4.69) is 85.7 Å². The highest BCUT2D eigenvalue weighted by Crippen LogP contribution is 2.30. The van der Waals surface area contributed by atoms with Crippen LogP contribution in [0.2, 0.25) is 0 Å². The highest BCUT2D eigenvalue weighted by atomic mass is 15.0. The van der Waals surface area contributed by atoms with Gasteiger partial charge in [-0.05, 0) is 58.5 Å². The normalized spacial score (nSPS) is 11.6. The van der Waals surface area contributed by atoms with E-state index in [0.717, 1.165) is 29.7 Å². The van der Waals surface area contributed by atoms with E-state index in [1.165, 1.54) is 22.1 Å². The lowest BCUT2D eigenvalue weighted by Gasteiger charge is -2.20. The number of hydrogen-bond acceptors (Lipinski definition) is 3. The van der Waals surface area contributed by atoms with Crippen LogP contribution in [-0.4, -0.2) is 9.97 Å². The lowest BCUT2D eigenvalue weighted by molar-refractivity contribution is 0.590. The summed E-state index contributed by atoms with van der Waals surface area (Å²) in [4.78, 5) is 9.00. The number of hydrogen-bond donors (Lipinski definition) is 1. The Morgan fingerprint density at radius 1 is 0.828 bits per heavy atom. The van der Waals surface area contributed by atoms with E-state index < -0.39 is 0 Å². The summed E-state index contributed by atoms with van der Waals surface area (Å²) in [6.07, 6.45) is 7.66. The van der Waals surface area contributed by atoms with Crippen molar-refractivity contribution in [3.05, 3.63) is 95.9 Å². The van der Waals surface area contributed by atoms with Crippen LogP contribution in [0.4, 0.5) is 11.5 Å². The van der Waals surface area contributed by atoms with Crippen LogP contribution in [0.3, 0.4) is 0 Å². The number of aryl methyl sites for hydroxylation is 2. The quantitative estimate of drug-likeness (QED) is 0.431. The maximum atomic E-state index is 4.78. The van der Waals surface area contributed by atoms with E-state index in [4.69, 9.17) is 4.98 Å². The molecule has 3 nitrogen and oxygen atoms in total. The molecular weight excluding hydrogens is 354 g/mol. The second-order valence-electron chi connectivity index (χ2n) is 8.49. The molecule has 0 unspecified atom stereocenters. The first-order chi connectivity index (χ1) is 14.0. The molecule has 3 heteroatoms. The van der Waals surface area contributed by atoms with Crippen LogP contribution in [0, 0.1) is 0 Å². The summed E-state index contributed by atoms with van der Waals surface area (Å²) < 4.78 is 0. The Balaban J connectivity index is 1.63. The molecule has 0 radical (unpaired) electrons. The molecule has 0 aliphatic heterocycles. The summed E-state index contributed by atoms with van der Waals surface area (Å²) in [5.74, 6) is 0.900. The molecule has 2 heterocycles. The van der Waals surface area contributed by atoms with E-state index in [1.54, 1.807) is 0 Å².